The first-order chi connectivity index (χ1) is 8.11. The normalized spacial score (nSPS) is 10.8. The highest BCUT2D eigenvalue weighted by molar-refractivity contribution is 7.98. The van der Waals surface area contributed by atoms with E-state index in [4.69, 9.17) is 5.73 Å². The summed E-state index contributed by atoms with van der Waals surface area (Å²) in [6, 6.07) is 6.26. The van der Waals surface area contributed by atoms with Crippen LogP contribution in [0.25, 0.3) is 10.9 Å². The van der Waals surface area contributed by atoms with Crippen molar-refractivity contribution in [2.24, 2.45) is 0 Å². The molecule has 0 fully saturated rings. The fourth-order valence-electron chi connectivity index (χ4n) is 1.89. The van der Waals surface area contributed by atoms with Gasteiger partial charge in [-0.2, -0.15) is 0 Å². The van der Waals surface area contributed by atoms with E-state index in [0.717, 1.165) is 12.2 Å². The Morgan fingerprint density at radius 2 is 2.18 bits per heavy atom. The predicted octanol–water partition coefficient (Wildman–Crippen LogP) is 3.91. The molecule has 3 heteroatoms. The SMILES string of the molecule is CSc1cc(N)cc2c1ccn2CC=C(C)C. The summed E-state index contributed by atoms with van der Waals surface area (Å²) in [6.45, 7) is 5.14. The Balaban J connectivity index is 2.52. The van der Waals surface area contributed by atoms with Gasteiger partial charge in [0.25, 0.3) is 0 Å². The van der Waals surface area contributed by atoms with Gasteiger partial charge in [0, 0.05) is 28.7 Å². The van der Waals surface area contributed by atoms with Crippen molar-refractivity contribution in [3.8, 4) is 0 Å². The molecular weight excluding hydrogens is 228 g/mol. The van der Waals surface area contributed by atoms with E-state index in [9.17, 15) is 0 Å². The molecule has 17 heavy (non-hydrogen) atoms. The van der Waals surface area contributed by atoms with Crippen molar-refractivity contribution in [3.05, 3.63) is 36.0 Å². The molecule has 2 N–H and O–H groups in total. The number of rotatable bonds is 3. The van der Waals surface area contributed by atoms with Crippen molar-refractivity contribution in [1.82, 2.24) is 4.57 Å². The van der Waals surface area contributed by atoms with Gasteiger partial charge >= 0.3 is 0 Å². The topological polar surface area (TPSA) is 30.9 Å². The van der Waals surface area contributed by atoms with Crippen LogP contribution in [0.5, 0.6) is 0 Å². The second-order valence-electron chi connectivity index (χ2n) is 4.41. The molecule has 0 amide bonds. The highest BCUT2D eigenvalue weighted by Gasteiger charge is 2.06. The molecule has 0 radical (unpaired) electrons. The first-order valence-corrected chi connectivity index (χ1v) is 6.90. The molecule has 1 aromatic heterocycles. The fourth-order valence-corrected chi connectivity index (χ4v) is 2.54. The first-order valence-electron chi connectivity index (χ1n) is 5.67. The van der Waals surface area contributed by atoms with Crippen LogP contribution in [0.2, 0.25) is 0 Å². The van der Waals surface area contributed by atoms with Gasteiger partial charge in [0.05, 0.1) is 5.52 Å². The van der Waals surface area contributed by atoms with E-state index >= 15 is 0 Å². The van der Waals surface area contributed by atoms with Crippen molar-refractivity contribution in [3.63, 3.8) is 0 Å². The Morgan fingerprint density at radius 3 is 2.82 bits per heavy atom. The van der Waals surface area contributed by atoms with Crippen LogP contribution in [0.15, 0.2) is 40.9 Å². The highest BCUT2D eigenvalue weighted by Crippen LogP contribution is 2.30. The molecule has 90 valence electrons. The van der Waals surface area contributed by atoms with Crippen LogP contribution < -0.4 is 5.73 Å². The minimum atomic E-state index is 0.832. The Hall–Kier alpha value is -1.35. The van der Waals surface area contributed by atoms with Crippen molar-refractivity contribution in [2.75, 3.05) is 12.0 Å². The van der Waals surface area contributed by atoms with Crippen LogP contribution in [0.4, 0.5) is 5.69 Å². The minimum Gasteiger partial charge on any atom is -0.399 e. The van der Waals surface area contributed by atoms with E-state index in [2.05, 4.69) is 43.0 Å². The molecule has 2 nitrogen and oxygen atoms in total. The Labute approximate surface area is 106 Å². The number of aromatic nitrogens is 1. The Kier molecular flexibility index (Phi) is 3.48. The largest absolute Gasteiger partial charge is 0.399 e. The van der Waals surface area contributed by atoms with Gasteiger partial charge in [-0.1, -0.05) is 11.6 Å². The number of thioether (sulfide) groups is 1. The number of nitrogens with two attached hydrogens (primary N) is 1. The lowest BCUT2D eigenvalue weighted by molar-refractivity contribution is 0.856. The molecule has 0 unspecified atom stereocenters. The van der Waals surface area contributed by atoms with Crippen LogP contribution in [-0.4, -0.2) is 10.8 Å². The Bertz CT molecular complexity index is 563. The lowest BCUT2D eigenvalue weighted by Crippen LogP contribution is -1.94. The standard InChI is InChI=1S/C14H18N2S/c1-10(2)4-6-16-7-5-12-13(16)8-11(15)9-14(12)17-3/h4-5,7-9H,6,15H2,1-3H3. The number of nitrogens with zero attached hydrogens (tertiary/aromatic N) is 1. The highest BCUT2D eigenvalue weighted by atomic mass is 32.2. The van der Waals surface area contributed by atoms with Crippen molar-refractivity contribution in [2.45, 2.75) is 25.3 Å². The van der Waals surface area contributed by atoms with Crippen LogP contribution >= 0.6 is 11.8 Å². The van der Waals surface area contributed by atoms with Gasteiger partial charge in [-0.05, 0) is 38.3 Å². The van der Waals surface area contributed by atoms with Crippen molar-refractivity contribution < 1.29 is 0 Å². The third-order valence-corrected chi connectivity index (χ3v) is 3.57. The summed E-state index contributed by atoms with van der Waals surface area (Å²) in [4.78, 5) is 1.25. The lowest BCUT2D eigenvalue weighted by Gasteiger charge is -2.06. The number of hydrogen-bond acceptors (Lipinski definition) is 2. The molecule has 0 aliphatic rings. The van der Waals surface area contributed by atoms with E-state index in [1.807, 2.05) is 12.1 Å². The van der Waals surface area contributed by atoms with Crippen molar-refractivity contribution in [1.29, 1.82) is 0 Å². The average molecular weight is 246 g/mol. The summed E-state index contributed by atoms with van der Waals surface area (Å²) in [5, 5.41) is 1.29. The molecule has 2 rings (SSSR count). The van der Waals surface area contributed by atoms with Gasteiger partial charge in [-0.25, -0.2) is 0 Å². The second-order valence-corrected chi connectivity index (χ2v) is 5.25. The third-order valence-electron chi connectivity index (χ3n) is 2.79. The van der Waals surface area contributed by atoms with E-state index in [1.54, 1.807) is 11.8 Å². The molecule has 0 saturated heterocycles. The molecule has 1 aromatic carbocycles. The summed E-state index contributed by atoms with van der Waals surface area (Å²) in [5.74, 6) is 0. The fraction of sp³-hybridized carbons (Fsp3) is 0.286. The summed E-state index contributed by atoms with van der Waals surface area (Å²) in [7, 11) is 0. The number of allylic oxidation sites excluding steroid dienone is 2. The number of anilines is 1. The van der Waals surface area contributed by atoms with Gasteiger partial charge in [-0.15, -0.1) is 11.8 Å². The van der Waals surface area contributed by atoms with Gasteiger partial charge in [0.2, 0.25) is 0 Å². The van der Waals surface area contributed by atoms with E-state index < -0.39 is 0 Å². The zero-order valence-corrected chi connectivity index (χ0v) is 11.3. The number of benzene rings is 1. The zero-order chi connectivity index (χ0) is 12.4. The molecule has 0 aliphatic carbocycles. The summed E-state index contributed by atoms with van der Waals surface area (Å²) in [5.41, 5.74) is 9.32. The smallest absolute Gasteiger partial charge is 0.0515 e. The van der Waals surface area contributed by atoms with Crippen molar-refractivity contribution >= 4 is 28.4 Å². The maximum absolute atomic E-state index is 5.94. The van der Waals surface area contributed by atoms with Crippen LogP contribution in [0.3, 0.4) is 0 Å². The monoisotopic (exact) mass is 246 g/mol. The zero-order valence-electron chi connectivity index (χ0n) is 10.5. The maximum atomic E-state index is 5.94. The lowest BCUT2D eigenvalue weighted by atomic mass is 10.2. The first kappa shape index (κ1) is 12.1. The van der Waals surface area contributed by atoms with Crippen LogP contribution in [0, 0.1) is 0 Å². The van der Waals surface area contributed by atoms with E-state index in [-0.39, 0.29) is 0 Å². The Morgan fingerprint density at radius 1 is 1.41 bits per heavy atom. The average Bonchev–Trinajstić information content (AvgIpc) is 2.68. The second kappa shape index (κ2) is 4.88. The summed E-state index contributed by atoms with van der Waals surface area (Å²) in [6.07, 6.45) is 6.44. The van der Waals surface area contributed by atoms with Gasteiger partial charge in [-0.3, -0.25) is 0 Å². The van der Waals surface area contributed by atoms with Gasteiger partial charge in [0.15, 0.2) is 0 Å². The van der Waals surface area contributed by atoms with Crippen LogP contribution in [0.1, 0.15) is 13.8 Å². The molecule has 0 bridgehead atoms. The minimum absolute atomic E-state index is 0.832. The van der Waals surface area contributed by atoms with E-state index in [0.29, 0.717) is 0 Å². The molecule has 1 heterocycles. The number of hydrogen-bond donors (Lipinski definition) is 1. The number of nitrogen functional groups attached to an aromatic ring is 1. The van der Waals surface area contributed by atoms with E-state index in [1.165, 1.54) is 21.4 Å². The molecule has 0 aliphatic heterocycles. The van der Waals surface area contributed by atoms with Crippen LogP contribution in [-0.2, 0) is 6.54 Å². The predicted molar refractivity (Wildman–Crippen MR) is 77.6 cm³/mol. The number of fused-ring (bicyclic) bond motifs is 1. The van der Waals surface area contributed by atoms with Gasteiger partial charge < -0.3 is 10.3 Å². The molecular formula is C14H18N2S. The molecule has 0 atom stereocenters. The molecule has 2 aromatic rings. The quantitative estimate of drug-likeness (QED) is 0.505. The summed E-state index contributed by atoms with van der Waals surface area (Å²) >= 11 is 1.74. The van der Waals surface area contributed by atoms with Gasteiger partial charge in [0.1, 0.15) is 0 Å². The third kappa shape index (κ3) is 2.50. The maximum Gasteiger partial charge on any atom is 0.0515 e. The molecule has 0 saturated carbocycles. The summed E-state index contributed by atoms with van der Waals surface area (Å²) < 4.78 is 2.23. The molecule has 0 spiro atoms.